The second-order valence-electron chi connectivity index (χ2n) is 5.51. The van der Waals surface area contributed by atoms with Crippen molar-refractivity contribution in [2.24, 2.45) is 0 Å². The van der Waals surface area contributed by atoms with Gasteiger partial charge >= 0.3 is 0 Å². The topological polar surface area (TPSA) is 84.7 Å². The fraction of sp³-hybridized carbons (Fsp3) is 0.222. The third kappa shape index (κ3) is 4.41. The Hall–Kier alpha value is -3.22. The second-order valence-corrected chi connectivity index (χ2v) is 5.51. The lowest BCUT2D eigenvalue weighted by Gasteiger charge is -2.11. The van der Waals surface area contributed by atoms with E-state index in [4.69, 9.17) is 0 Å². The van der Waals surface area contributed by atoms with Gasteiger partial charge in [-0.3, -0.25) is 4.79 Å². The van der Waals surface area contributed by atoms with Gasteiger partial charge in [0, 0.05) is 19.3 Å². The summed E-state index contributed by atoms with van der Waals surface area (Å²) < 4.78 is 1.79. The number of nitrogens with zero attached hydrogens (tertiary/aromatic N) is 4. The third-order valence-corrected chi connectivity index (χ3v) is 3.74. The highest BCUT2D eigenvalue weighted by Gasteiger charge is 2.06. The van der Waals surface area contributed by atoms with E-state index in [1.807, 2.05) is 25.1 Å². The number of amides is 1. The molecule has 0 unspecified atom stereocenters. The average molecular weight is 336 g/mol. The molecule has 0 saturated carbocycles. The maximum atomic E-state index is 11.7. The van der Waals surface area contributed by atoms with Crippen LogP contribution in [0, 0.1) is 0 Å². The highest BCUT2D eigenvalue weighted by molar-refractivity contribution is 5.93. The standard InChI is InChI=1S/C18H20N6O/c1-2-20-18(25)15-7-8-17(22-10-15)21-9-14-5-3-4-6-16(14)11-24-13-19-12-23-24/h3-8,10,12-13H,2,9,11H2,1H3,(H,20,25)(H,21,22). The van der Waals surface area contributed by atoms with Gasteiger partial charge in [0.05, 0.1) is 12.1 Å². The molecule has 0 aliphatic heterocycles. The van der Waals surface area contributed by atoms with Crippen LogP contribution in [0.5, 0.6) is 0 Å². The monoisotopic (exact) mass is 336 g/mol. The molecule has 0 spiro atoms. The minimum Gasteiger partial charge on any atom is -0.366 e. The van der Waals surface area contributed by atoms with Gasteiger partial charge in [-0.2, -0.15) is 5.10 Å². The largest absolute Gasteiger partial charge is 0.366 e. The molecule has 7 heteroatoms. The molecule has 0 saturated heterocycles. The van der Waals surface area contributed by atoms with Crippen molar-refractivity contribution in [3.63, 3.8) is 0 Å². The molecule has 1 aromatic carbocycles. The van der Waals surface area contributed by atoms with Gasteiger partial charge in [-0.15, -0.1) is 0 Å². The number of nitrogens with one attached hydrogen (secondary N) is 2. The molecule has 0 aliphatic carbocycles. The van der Waals surface area contributed by atoms with Crippen LogP contribution in [0.3, 0.4) is 0 Å². The van der Waals surface area contributed by atoms with E-state index in [0.29, 0.717) is 25.2 Å². The molecule has 0 bridgehead atoms. The summed E-state index contributed by atoms with van der Waals surface area (Å²) in [4.78, 5) is 20.0. The summed E-state index contributed by atoms with van der Waals surface area (Å²) in [6, 6.07) is 11.7. The third-order valence-electron chi connectivity index (χ3n) is 3.74. The molecule has 2 aromatic heterocycles. The molecular formula is C18H20N6O. The maximum Gasteiger partial charge on any atom is 0.252 e. The summed E-state index contributed by atoms with van der Waals surface area (Å²) in [5.41, 5.74) is 2.88. The Morgan fingerprint density at radius 2 is 2.00 bits per heavy atom. The van der Waals surface area contributed by atoms with Crippen molar-refractivity contribution in [3.05, 3.63) is 71.9 Å². The van der Waals surface area contributed by atoms with Crippen LogP contribution in [0.1, 0.15) is 28.4 Å². The van der Waals surface area contributed by atoms with Crippen molar-refractivity contribution in [1.82, 2.24) is 25.1 Å². The van der Waals surface area contributed by atoms with E-state index < -0.39 is 0 Å². The Balaban J connectivity index is 1.64. The lowest BCUT2D eigenvalue weighted by Crippen LogP contribution is -2.22. The first-order valence-electron chi connectivity index (χ1n) is 8.13. The lowest BCUT2D eigenvalue weighted by molar-refractivity contribution is 0.0955. The van der Waals surface area contributed by atoms with Crippen LogP contribution in [-0.2, 0) is 13.1 Å². The van der Waals surface area contributed by atoms with Crippen molar-refractivity contribution in [2.75, 3.05) is 11.9 Å². The maximum absolute atomic E-state index is 11.7. The van der Waals surface area contributed by atoms with Gasteiger partial charge < -0.3 is 10.6 Å². The van der Waals surface area contributed by atoms with Crippen LogP contribution in [0.15, 0.2) is 55.2 Å². The van der Waals surface area contributed by atoms with Crippen molar-refractivity contribution in [1.29, 1.82) is 0 Å². The normalized spacial score (nSPS) is 10.4. The fourth-order valence-electron chi connectivity index (χ4n) is 2.45. The summed E-state index contributed by atoms with van der Waals surface area (Å²) in [6.45, 7) is 3.79. The zero-order valence-electron chi connectivity index (χ0n) is 14.0. The molecule has 0 fully saturated rings. The molecule has 25 heavy (non-hydrogen) atoms. The predicted molar refractivity (Wildman–Crippen MR) is 95.1 cm³/mol. The number of pyridine rings is 1. The summed E-state index contributed by atoms with van der Waals surface area (Å²) in [6.07, 6.45) is 4.81. The summed E-state index contributed by atoms with van der Waals surface area (Å²) >= 11 is 0. The predicted octanol–water partition coefficient (Wildman–Crippen LogP) is 2.08. The quantitative estimate of drug-likeness (QED) is 0.690. The molecule has 7 nitrogen and oxygen atoms in total. The minimum absolute atomic E-state index is 0.111. The van der Waals surface area contributed by atoms with Crippen LogP contribution in [0.4, 0.5) is 5.82 Å². The van der Waals surface area contributed by atoms with Gasteiger partial charge in [-0.05, 0) is 30.2 Å². The number of rotatable bonds is 7. The zero-order valence-corrected chi connectivity index (χ0v) is 14.0. The Bertz CT molecular complexity index is 814. The molecule has 3 rings (SSSR count). The zero-order chi connectivity index (χ0) is 17.5. The first kappa shape index (κ1) is 16.6. The summed E-state index contributed by atoms with van der Waals surface area (Å²) in [5, 5.41) is 10.2. The molecule has 2 heterocycles. The highest BCUT2D eigenvalue weighted by atomic mass is 16.1. The Morgan fingerprint density at radius 1 is 1.16 bits per heavy atom. The van der Waals surface area contributed by atoms with E-state index in [0.717, 1.165) is 11.4 Å². The van der Waals surface area contributed by atoms with Gasteiger partial charge in [0.25, 0.3) is 5.91 Å². The molecule has 2 N–H and O–H groups in total. The fourth-order valence-corrected chi connectivity index (χ4v) is 2.45. The van der Waals surface area contributed by atoms with Crippen LogP contribution in [0.25, 0.3) is 0 Å². The van der Waals surface area contributed by atoms with Gasteiger partial charge in [-0.25, -0.2) is 14.6 Å². The summed E-state index contributed by atoms with van der Waals surface area (Å²) in [7, 11) is 0. The van der Waals surface area contributed by atoms with Gasteiger partial charge in [-0.1, -0.05) is 24.3 Å². The number of anilines is 1. The minimum atomic E-state index is -0.111. The second kappa shape index (κ2) is 8.05. The van der Waals surface area contributed by atoms with E-state index in [1.54, 1.807) is 23.3 Å². The molecule has 0 radical (unpaired) electrons. The Morgan fingerprint density at radius 3 is 2.68 bits per heavy atom. The van der Waals surface area contributed by atoms with Crippen LogP contribution >= 0.6 is 0 Å². The van der Waals surface area contributed by atoms with Crippen molar-refractivity contribution in [2.45, 2.75) is 20.0 Å². The van der Waals surface area contributed by atoms with Crippen LogP contribution in [-0.4, -0.2) is 32.2 Å². The number of benzene rings is 1. The first-order valence-corrected chi connectivity index (χ1v) is 8.13. The number of carbonyl (C=O) groups excluding carboxylic acids is 1. The Labute approximate surface area is 146 Å². The van der Waals surface area contributed by atoms with E-state index in [9.17, 15) is 4.79 Å². The van der Waals surface area contributed by atoms with Crippen molar-refractivity contribution in [3.8, 4) is 0 Å². The van der Waals surface area contributed by atoms with Gasteiger partial charge in [0.2, 0.25) is 0 Å². The van der Waals surface area contributed by atoms with Crippen LogP contribution < -0.4 is 10.6 Å². The molecule has 3 aromatic rings. The van der Waals surface area contributed by atoms with E-state index >= 15 is 0 Å². The number of hydrogen-bond donors (Lipinski definition) is 2. The molecular weight excluding hydrogens is 316 g/mol. The molecule has 128 valence electrons. The van der Waals surface area contributed by atoms with Gasteiger partial charge in [0.15, 0.2) is 0 Å². The average Bonchev–Trinajstić information content (AvgIpc) is 3.15. The van der Waals surface area contributed by atoms with E-state index in [1.165, 1.54) is 11.9 Å². The lowest BCUT2D eigenvalue weighted by atomic mass is 10.1. The number of hydrogen-bond acceptors (Lipinski definition) is 5. The van der Waals surface area contributed by atoms with E-state index in [2.05, 4.69) is 37.8 Å². The van der Waals surface area contributed by atoms with Crippen molar-refractivity contribution >= 4 is 11.7 Å². The van der Waals surface area contributed by atoms with Gasteiger partial charge in [0.1, 0.15) is 18.5 Å². The molecule has 0 atom stereocenters. The molecule has 1 amide bonds. The highest BCUT2D eigenvalue weighted by Crippen LogP contribution is 2.13. The Kier molecular flexibility index (Phi) is 5.36. The smallest absolute Gasteiger partial charge is 0.252 e. The van der Waals surface area contributed by atoms with Crippen LogP contribution in [0.2, 0.25) is 0 Å². The number of aromatic nitrogens is 4. The summed E-state index contributed by atoms with van der Waals surface area (Å²) in [5.74, 6) is 0.614. The van der Waals surface area contributed by atoms with E-state index in [-0.39, 0.29) is 5.91 Å². The SMILES string of the molecule is CCNC(=O)c1ccc(NCc2ccccc2Cn2cncn2)nc1. The first-order chi connectivity index (χ1) is 12.3. The molecule has 0 aliphatic rings. The van der Waals surface area contributed by atoms with Crippen molar-refractivity contribution < 1.29 is 4.79 Å². The number of carbonyl (C=O) groups is 1.